The van der Waals surface area contributed by atoms with Crippen LogP contribution in [0.2, 0.25) is 5.02 Å². The molecule has 0 fully saturated rings. The normalized spacial score (nSPS) is 10.3. The second-order valence-electron chi connectivity index (χ2n) is 4.81. The van der Waals surface area contributed by atoms with Crippen molar-refractivity contribution >= 4 is 23.2 Å². The number of rotatable bonds is 4. The molecular formula is C17H18ClNO. The molecule has 1 amide bonds. The second kappa shape index (κ2) is 6.58. The fraction of sp³-hybridized carbons (Fsp3) is 0.235. The number of nitrogens with one attached hydrogen (secondary N) is 1. The van der Waals surface area contributed by atoms with Crippen molar-refractivity contribution in [2.75, 3.05) is 5.32 Å². The van der Waals surface area contributed by atoms with Crippen LogP contribution in [0, 0.1) is 6.92 Å². The van der Waals surface area contributed by atoms with Crippen LogP contribution >= 0.6 is 11.6 Å². The molecule has 0 bridgehead atoms. The third kappa shape index (κ3) is 3.61. The molecule has 0 heterocycles. The van der Waals surface area contributed by atoms with Crippen molar-refractivity contribution in [3.63, 3.8) is 0 Å². The Morgan fingerprint density at radius 3 is 2.50 bits per heavy atom. The Kier molecular flexibility index (Phi) is 4.80. The van der Waals surface area contributed by atoms with Crippen LogP contribution in [0.3, 0.4) is 0 Å². The average Bonchev–Trinajstić information content (AvgIpc) is 2.43. The number of carbonyl (C=O) groups excluding carboxylic acids is 1. The summed E-state index contributed by atoms with van der Waals surface area (Å²) in [5.74, 6) is -0.00341. The lowest BCUT2D eigenvalue weighted by atomic mass is 10.1. The molecule has 2 aromatic carbocycles. The zero-order chi connectivity index (χ0) is 14.5. The van der Waals surface area contributed by atoms with Gasteiger partial charge in [-0.05, 0) is 42.2 Å². The van der Waals surface area contributed by atoms with Gasteiger partial charge in [0.1, 0.15) is 0 Å². The summed E-state index contributed by atoms with van der Waals surface area (Å²) in [6.45, 7) is 4.10. The Hall–Kier alpha value is -1.80. The minimum absolute atomic E-state index is 0.00341. The fourth-order valence-corrected chi connectivity index (χ4v) is 2.30. The van der Waals surface area contributed by atoms with Gasteiger partial charge in [-0.3, -0.25) is 4.79 Å². The standard InChI is InChI=1S/C17H18ClNO/c1-3-14-6-4-5-12(2)17(14)19-16(20)11-13-7-9-15(18)10-8-13/h4-10H,3,11H2,1-2H3,(H,19,20). The van der Waals surface area contributed by atoms with Crippen molar-refractivity contribution < 1.29 is 4.79 Å². The lowest BCUT2D eigenvalue weighted by molar-refractivity contribution is -0.115. The Balaban J connectivity index is 2.10. The molecule has 0 aromatic heterocycles. The number of amides is 1. The van der Waals surface area contributed by atoms with Gasteiger partial charge in [0.05, 0.1) is 6.42 Å². The summed E-state index contributed by atoms with van der Waals surface area (Å²) in [5, 5.41) is 3.70. The maximum Gasteiger partial charge on any atom is 0.228 e. The molecule has 0 unspecified atom stereocenters. The quantitative estimate of drug-likeness (QED) is 0.888. The highest BCUT2D eigenvalue weighted by molar-refractivity contribution is 6.30. The van der Waals surface area contributed by atoms with E-state index in [1.165, 1.54) is 0 Å². The largest absolute Gasteiger partial charge is 0.325 e. The van der Waals surface area contributed by atoms with Gasteiger partial charge in [0.15, 0.2) is 0 Å². The monoisotopic (exact) mass is 287 g/mol. The highest BCUT2D eigenvalue weighted by atomic mass is 35.5. The van der Waals surface area contributed by atoms with Crippen LogP contribution in [0.5, 0.6) is 0 Å². The maximum atomic E-state index is 12.1. The minimum Gasteiger partial charge on any atom is -0.325 e. The molecule has 2 rings (SSSR count). The van der Waals surface area contributed by atoms with E-state index in [1.807, 2.05) is 37.3 Å². The number of hydrogen-bond acceptors (Lipinski definition) is 1. The van der Waals surface area contributed by atoms with E-state index in [4.69, 9.17) is 11.6 Å². The van der Waals surface area contributed by atoms with Crippen molar-refractivity contribution in [2.45, 2.75) is 26.7 Å². The number of halogens is 1. The third-order valence-electron chi connectivity index (χ3n) is 3.28. The van der Waals surface area contributed by atoms with Crippen molar-refractivity contribution in [3.8, 4) is 0 Å². The molecule has 0 atom stereocenters. The van der Waals surface area contributed by atoms with Crippen molar-refractivity contribution in [1.29, 1.82) is 0 Å². The molecule has 1 N–H and O–H groups in total. The van der Waals surface area contributed by atoms with Crippen LogP contribution in [0.1, 0.15) is 23.6 Å². The number of para-hydroxylation sites is 1. The maximum absolute atomic E-state index is 12.1. The molecule has 0 aliphatic carbocycles. The fourth-order valence-electron chi connectivity index (χ4n) is 2.17. The van der Waals surface area contributed by atoms with Crippen LogP contribution in [-0.4, -0.2) is 5.91 Å². The van der Waals surface area contributed by atoms with E-state index in [0.29, 0.717) is 11.4 Å². The van der Waals surface area contributed by atoms with E-state index >= 15 is 0 Å². The predicted molar refractivity (Wildman–Crippen MR) is 84.3 cm³/mol. The zero-order valence-corrected chi connectivity index (χ0v) is 12.5. The van der Waals surface area contributed by atoms with Gasteiger partial charge in [-0.15, -0.1) is 0 Å². The van der Waals surface area contributed by atoms with Gasteiger partial charge in [-0.25, -0.2) is 0 Å². The highest BCUT2D eigenvalue weighted by Crippen LogP contribution is 2.21. The lowest BCUT2D eigenvalue weighted by Crippen LogP contribution is -2.16. The molecule has 0 saturated carbocycles. The van der Waals surface area contributed by atoms with E-state index in [0.717, 1.165) is 28.8 Å². The van der Waals surface area contributed by atoms with Crippen molar-refractivity contribution in [3.05, 3.63) is 64.2 Å². The second-order valence-corrected chi connectivity index (χ2v) is 5.25. The van der Waals surface area contributed by atoms with Gasteiger partial charge in [0.25, 0.3) is 0 Å². The highest BCUT2D eigenvalue weighted by Gasteiger charge is 2.09. The predicted octanol–water partition coefficient (Wildman–Crippen LogP) is 4.39. The summed E-state index contributed by atoms with van der Waals surface area (Å²) in [7, 11) is 0. The first-order chi connectivity index (χ1) is 9.60. The summed E-state index contributed by atoms with van der Waals surface area (Å²) < 4.78 is 0. The first-order valence-corrected chi connectivity index (χ1v) is 7.10. The molecular weight excluding hydrogens is 270 g/mol. The number of benzene rings is 2. The number of anilines is 1. The van der Waals surface area contributed by atoms with Gasteiger partial charge in [0.2, 0.25) is 5.91 Å². The summed E-state index contributed by atoms with van der Waals surface area (Å²) in [4.78, 5) is 12.1. The van der Waals surface area contributed by atoms with Crippen LogP contribution in [0.15, 0.2) is 42.5 Å². The molecule has 2 aromatic rings. The SMILES string of the molecule is CCc1cccc(C)c1NC(=O)Cc1ccc(Cl)cc1. The number of aryl methyl sites for hydroxylation is 2. The average molecular weight is 288 g/mol. The summed E-state index contributed by atoms with van der Waals surface area (Å²) in [6, 6.07) is 13.4. The minimum atomic E-state index is -0.00341. The van der Waals surface area contributed by atoms with Gasteiger partial charge < -0.3 is 5.32 Å². The molecule has 3 heteroatoms. The smallest absolute Gasteiger partial charge is 0.228 e. The third-order valence-corrected chi connectivity index (χ3v) is 3.53. The topological polar surface area (TPSA) is 29.1 Å². The van der Waals surface area contributed by atoms with Gasteiger partial charge in [-0.1, -0.05) is 48.9 Å². The van der Waals surface area contributed by atoms with Crippen LogP contribution in [-0.2, 0) is 17.6 Å². The lowest BCUT2D eigenvalue weighted by Gasteiger charge is -2.13. The molecule has 0 aliphatic heterocycles. The Labute approximate surface area is 124 Å². The van der Waals surface area contributed by atoms with Gasteiger partial charge in [0, 0.05) is 10.7 Å². The molecule has 0 saturated heterocycles. The van der Waals surface area contributed by atoms with E-state index < -0.39 is 0 Å². The Morgan fingerprint density at radius 1 is 1.15 bits per heavy atom. The summed E-state index contributed by atoms with van der Waals surface area (Å²) in [5.41, 5.74) is 4.15. The summed E-state index contributed by atoms with van der Waals surface area (Å²) >= 11 is 5.84. The Bertz CT molecular complexity index is 605. The van der Waals surface area contributed by atoms with Crippen LogP contribution < -0.4 is 5.32 Å². The zero-order valence-electron chi connectivity index (χ0n) is 11.7. The number of carbonyl (C=O) groups is 1. The molecule has 0 radical (unpaired) electrons. The van der Waals surface area contributed by atoms with Crippen LogP contribution in [0.4, 0.5) is 5.69 Å². The molecule has 0 spiro atoms. The summed E-state index contributed by atoms with van der Waals surface area (Å²) in [6.07, 6.45) is 1.26. The van der Waals surface area contributed by atoms with Crippen LogP contribution in [0.25, 0.3) is 0 Å². The van der Waals surface area contributed by atoms with Crippen molar-refractivity contribution in [1.82, 2.24) is 0 Å². The first kappa shape index (κ1) is 14.6. The van der Waals surface area contributed by atoms with E-state index in [9.17, 15) is 4.79 Å². The van der Waals surface area contributed by atoms with Crippen molar-refractivity contribution in [2.24, 2.45) is 0 Å². The molecule has 0 aliphatic rings. The van der Waals surface area contributed by atoms with E-state index in [2.05, 4.69) is 12.2 Å². The molecule has 20 heavy (non-hydrogen) atoms. The van der Waals surface area contributed by atoms with Gasteiger partial charge >= 0.3 is 0 Å². The van der Waals surface area contributed by atoms with E-state index in [1.54, 1.807) is 12.1 Å². The van der Waals surface area contributed by atoms with Gasteiger partial charge in [-0.2, -0.15) is 0 Å². The molecule has 2 nitrogen and oxygen atoms in total. The first-order valence-electron chi connectivity index (χ1n) is 6.73. The number of hydrogen-bond donors (Lipinski definition) is 1. The molecule has 104 valence electrons. The Morgan fingerprint density at radius 2 is 1.85 bits per heavy atom. The van der Waals surface area contributed by atoms with E-state index in [-0.39, 0.29) is 5.91 Å².